The molecule has 6 saturated carbocycles. The summed E-state index contributed by atoms with van der Waals surface area (Å²) in [5, 5.41) is 47.3. The smallest absolute Gasteiger partial charge is 0.432 e. The Morgan fingerprint density at radius 3 is 1.26 bits per heavy atom. The maximum absolute atomic E-state index is 17.4. The van der Waals surface area contributed by atoms with E-state index in [0.29, 0.717) is 49.7 Å². The van der Waals surface area contributed by atoms with Gasteiger partial charge in [0.2, 0.25) is 11.6 Å². The summed E-state index contributed by atoms with van der Waals surface area (Å²) >= 11 is 0. The molecular formula is C54H72F2O17. The third kappa shape index (κ3) is 8.49. The van der Waals surface area contributed by atoms with Crippen molar-refractivity contribution in [1.82, 2.24) is 0 Å². The summed E-state index contributed by atoms with van der Waals surface area (Å²) in [5.74, 6) is -5.59. The number of carbonyl (C=O) groups is 6. The number of rotatable bonds is 18. The van der Waals surface area contributed by atoms with Crippen LogP contribution in [0.3, 0.4) is 0 Å². The van der Waals surface area contributed by atoms with Gasteiger partial charge in [-0.3, -0.25) is 19.2 Å². The zero-order chi connectivity index (χ0) is 53.2. The molecule has 8 aliphatic rings. The molecule has 0 radical (unpaired) electrons. The molecule has 8 aliphatic carbocycles. The van der Waals surface area contributed by atoms with Crippen LogP contribution in [0, 0.1) is 57.2 Å². The first-order valence-electron chi connectivity index (χ1n) is 25.8. The van der Waals surface area contributed by atoms with E-state index in [9.17, 15) is 49.2 Å². The summed E-state index contributed by atoms with van der Waals surface area (Å²) in [5.41, 5.74) is -11.9. The van der Waals surface area contributed by atoms with Crippen LogP contribution in [0.25, 0.3) is 0 Å². The molecule has 17 nitrogen and oxygen atoms in total. The van der Waals surface area contributed by atoms with Crippen LogP contribution < -0.4 is 0 Å². The molecule has 0 spiro atoms. The molecule has 0 aromatic heterocycles. The van der Waals surface area contributed by atoms with Gasteiger partial charge in [-0.2, -0.15) is 0 Å². The van der Waals surface area contributed by atoms with E-state index >= 15 is 8.78 Å². The maximum atomic E-state index is 17.4. The van der Waals surface area contributed by atoms with Crippen molar-refractivity contribution < 1.29 is 91.1 Å². The Labute approximate surface area is 424 Å². The number of ether oxygens (including phenoxy) is 7. The lowest BCUT2D eigenvalue weighted by molar-refractivity contribution is -0.219. The van der Waals surface area contributed by atoms with E-state index in [1.165, 1.54) is 24.3 Å². The molecule has 404 valence electrons. The zero-order valence-electron chi connectivity index (χ0n) is 42.7. The number of aliphatic hydroxyl groups is 4. The van der Waals surface area contributed by atoms with E-state index < -0.39 is 129 Å². The highest BCUT2D eigenvalue weighted by Crippen LogP contribution is 2.72. The number of hydrogen-bond acceptors (Lipinski definition) is 17. The topological polar surface area (TPSA) is 248 Å². The first kappa shape index (κ1) is 55.0. The highest BCUT2D eigenvalue weighted by molar-refractivity contribution is 6.02. The Kier molecular flexibility index (Phi) is 15.1. The van der Waals surface area contributed by atoms with Crippen molar-refractivity contribution in [1.29, 1.82) is 0 Å². The van der Waals surface area contributed by atoms with Crippen molar-refractivity contribution in [3.63, 3.8) is 0 Å². The molecule has 0 amide bonds. The molecular weight excluding hydrogens is 959 g/mol. The molecule has 16 atom stereocenters. The fourth-order valence-corrected chi connectivity index (χ4v) is 15.7. The monoisotopic (exact) mass is 1030 g/mol. The van der Waals surface area contributed by atoms with Gasteiger partial charge in [-0.15, -0.1) is 0 Å². The SMILES string of the molecule is C[C@@H]1C[C@H]2[C@@H]3CCC4=CC(=O)C=C[C@]4(C)[C@@]3(F)[C@@H](O)C[C@]2(C)[C@@]1(O)C(=O)COC(=O)OCCOCCOCCOCCOC(=O)OCC(=O)[C@@]1(O)[C@H](C)C[C@H]2[C@@H]3CCC4=CC(=O)C=C[C@]4(C)[C@@]3(F)[C@@H](O)C[C@@]21C. The van der Waals surface area contributed by atoms with Crippen LogP contribution in [0.2, 0.25) is 0 Å². The van der Waals surface area contributed by atoms with E-state index in [4.69, 9.17) is 33.2 Å². The average Bonchev–Trinajstić information content (AvgIpc) is 3.67. The highest BCUT2D eigenvalue weighted by atomic mass is 19.1. The Hall–Kier alpha value is -4.24. The Balaban J connectivity index is 0.672. The number of Topliss-reactive ketones (excluding diaryl/α,β-unsaturated/α-hetero) is 2. The van der Waals surface area contributed by atoms with Gasteiger partial charge >= 0.3 is 12.3 Å². The van der Waals surface area contributed by atoms with Crippen molar-refractivity contribution in [2.24, 2.45) is 57.2 Å². The standard InChI is InChI=1S/C54H72F2O17/c1-31-23-39-37-9-7-33-25-35(57)11-13-47(33,3)51(37,55)41(59)27-49(39,5)53(31,65)43(61)29-72-45(63)70-21-19-68-17-15-67-16-18-69-20-22-71-46(64)73-30-44(62)54(66)32(2)24-40-38-10-8-34-26-36(58)12-14-48(34,4)52(38,56)42(60)28-50(40,54)6/h11-14,25-26,31-32,37-42,59-60,65-66H,7-10,15-24,27-30H2,1-6H3/t31-,32-,37+,38+,39+,40+,41+,42+,47+,48+,49+,50+,51+,52+,53+,54+/m1/s1. The van der Waals surface area contributed by atoms with Gasteiger partial charge in [0.05, 0.1) is 51.8 Å². The van der Waals surface area contributed by atoms with Crippen molar-refractivity contribution in [3.8, 4) is 0 Å². The maximum Gasteiger partial charge on any atom is 0.508 e. The van der Waals surface area contributed by atoms with Gasteiger partial charge in [0.25, 0.3) is 0 Å². The number of fused-ring (bicyclic) bond motifs is 10. The molecule has 6 fully saturated rings. The molecule has 0 aromatic rings. The van der Waals surface area contributed by atoms with Crippen LogP contribution in [0.15, 0.2) is 47.6 Å². The van der Waals surface area contributed by atoms with Crippen LogP contribution in [-0.2, 0) is 52.3 Å². The van der Waals surface area contributed by atoms with Gasteiger partial charge in [-0.25, -0.2) is 18.4 Å². The van der Waals surface area contributed by atoms with Crippen molar-refractivity contribution in [2.75, 3.05) is 66.1 Å². The van der Waals surface area contributed by atoms with Crippen LogP contribution in [0.5, 0.6) is 0 Å². The molecule has 4 N–H and O–H groups in total. The lowest BCUT2D eigenvalue weighted by atomic mass is 9.44. The lowest BCUT2D eigenvalue weighted by Gasteiger charge is -2.62. The summed E-state index contributed by atoms with van der Waals surface area (Å²) in [6.45, 7) is 8.76. The van der Waals surface area contributed by atoms with Crippen molar-refractivity contribution in [3.05, 3.63) is 47.6 Å². The minimum Gasteiger partial charge on any atom is -0.432 e. The van der Waals surface area contributed by atoms with Gasteiger partial charge in [0, 0.05) is 33.5 Å². The second-order valence-electron chi connectivity index (χ2n) is 22.8. The second-order valence-corrected chi connectivity index (χ2v) is 22.8. The fraction of sp³-hybridized carbons (Fsp3) is 0.741. The zero-order valence-corrected chi connectivity index (χ0v) is 42.7. The predicted octanol–water partition coefficient (Wildman–Crippen LogP) is 5.18. The van der Waals surface area contributed by atoms with E-state index in [-0.39, 0.29) is 77.3 Å². The third-order valence-corrected chi connectivity index (χ3v) is 19.6. The molecule has 8 rings (SSSR count). The number of alkyl halides is 2. The van der Waals surface area contributed by atoms with Crippen LogP contribution >= 0.6 is 0 Å². The highest BCUT2D eigenvalue weighted by Gasteiger charge is 2.77. The van der Waals surface area contributed by atoms with E-state index in [0.717, 1.165) is 0 Å². The van der Waals surface area contributed by atoms with Crippen molar-refractivity contribution in [2.45, 2.75) is 128 Å². The number of aliphatic hydroxyl groups excluding tert-OH is 2. The van der Waals surface area contributed by atoms with Crippen molar-refractivity contribution >= 4 is 35.4 Å². The number of halogens is 2. The van der Waals surface area contributed by atoms with E-state index in [1.54, 1.807) is 53.7 Å². The van der Waals surface area contributed by atoms with Crippen LogP contribution in [0.1, 0.15) is 92.9 Å². The molecule has 19 heteroatoms. The number of carbonyl (C=O) groups excluding carboxylic acids is 6. The third-order valence-electron chi connectivity index (χ3n) is 19.6. The summed E-state index contributed by atoms with van der Waals surface area (Å²) in [6.07, 6.45) is 5.06. The van der Waals surface area contributed by atoms with Gasteiger partial charge in [-0.05, 0) is 113 Å². The van der Waals surface area contributed by atoms with Gasteiger partial charge in [0.1, 0.15) is 24.4 Å². The lowest BCUT2D eigenvalue weighted by Crippen LogP contribution is -2.69. The molecule has 0 heterocycles. The average molecular weight is 1030 g/mol. The summed E-state index contributed by atoms with van der Waals surface area (Å²) < 4.78 is 71.4. The molecule has 0 unspecified atom stereocenters. The largest absolute Gasteiger partial charge is 0.508 e. The molecule has 0 aromatic carbocycles. The fourth-order valence-electron chi connectivity index (χ4n) is 15.7. The first-order chi connectivity index (χ1) is 34.3. The summed E-state index contributed by atoms with van der Waals surface area (Å²) in [7, 11) is 0. The Morgan fingerprint density at radius 1 is 0.562 bits per heavy atom. The first-order valence-corrected chi connectivity index (χ1v) is 25.8. The molecule has 0 aliphatic heterocycles. The van der Waals surface area contributed by atoms with Crippen LogP contribution in [0.4, 0.5) is 18.4 Å². The predicted molar refractivity (Wildman–Crippen MR) is 253 cm³/mol. The van der Waals surface area contributed by atoms with E-state index in [2.05, 4.69) is 0 Å². The summed E-state index contributed by atoms with van der Waals surface area (Å²) in [6, 6.07) is 0. The van der Waals surface area contributed by atoms with Gasteiger partial charge in [-0.1, -0.05) is 51.0 Å². The van der Waals surface area contributed by atoms with Crippen LogP contribution in [-0.4, -0.2) is 157 Å². The molecule has 0 bridgehead atoms. The Morgan fingerprint density at radius 2 is 0.904 bits per heavy atom. The molecule has 73 heavy (non-hydrogen) atoms. The quantitative estimate of drug-likeness (QED) is 0.102. The minimum absolute atomic E-state index is 0.0192. The van der Waals surface area contributed by atoms with Gasteiger partial charge < -0.3 is 53.6 Å². The number of hydrogen-bond donors (Lipinski definition) is 4. The van der Waals surface area contributed by atoms with Gasteiger partial charge in [0.15, 0.2) is 36.1 Å². The van der Waals surface area contributed by atoms with E-state index in [1.807, 2.05) is 0 Å². The number of allylic oxidation sites excluding steroid dienone is 8. The Bertz CT molecular complexity index is 2190. The normalized spacial score (nSPS) is 43.0. The summed E-state index contributed by atoms with van der Waals surface area (Å²) in [4.78, 5) is 76.5. The molecule has 0 saturated heterocycles. The minimum atomic E-state index is -2.12. The number of ketones is 4. The second kappa shape index (κ2) is 20.0.